The second-order valence-electron chi connectivity index (χ2n) is 10.2. The number of amides is 2. The molecule has 3 aromatic carbocycles. The number of carbonyl (C=O) groups is 2. The fraction of sp³-hybridized carbons (Fsp3) is 0.375. The fourth-order valence-corrected chi connectivity index (χ4v) is 6.19. The van der Waals surface area contributed by atoms with Crippen molar-refractivity contribution in [1.82, 2.24) is 10.2 Å². The predicted octanol–water partition coefficient (Wildman–Crippen LogP) is 7.32. The summed E-state index contributed by atoms with van der Waals surface area (Å²) in [7, 11) is 1.64. The second-order valence-corrected chi connectivity index (χ2v) is 12.0. The van der Waals surface area contributed by atoms with Crippen LogP contribution < -0.4 is 10.1 Å². The van der Waals surface area contributed by atoms with Crippen LogP contribution in [0.4, 0.5) is 0 Å². The third-order valence-corrected chi connectivity index (χ3v) is 8.94. The van der Waals surface area contributed by atoms with Gasteiger partial charge in [-0.3, -0.25) is 9.59 Å². The Kier molecular flexibility index (Phi) is 11.6. The SMILES string of the molecule is COc1ccc(CSCC(=O)N(Cc2ccc(Cl)c(Cl)c2)[C@H](Cc2ccccc2)C(=O)NC2CCCCC2)cc1. The lowest BCUT2D eigenvalue weighted by Gasteiger charge is -2.33. The number of halogens is 2. The largest absolute Gasteiger partial charge is 0.497 e. The van der Waals surface area contributed by atoms with Crippen LogP contribution in [0.25, 0.3) is 0 Å². The van der Waals surface area contributed by atoms with E-state index in [1.54, 1.807) is 24.1 Å². The van der Waals surface area contributed by atoms with Crippen molar-refractivity contribution >= 4 is 46.8 Å². The van der Waals surface area contributed by atoms with Crippen molar-refractivity contribution in [1.29, 1.82) is 0 Å². The summed E-state index contributed by atoms with van der Waals surface area (Å²) < 4.78 is 5.24. The van der Waals surface area contributed by atoms with Gasteiger partial charge in [-0.05, 0) is 53.8 Å². The highest BCUT2D eigenvalue weighted by atomic mass is 35.5. The number of thioether (sulfide) groups is 1. The topological polar surface area (TPSA) is 58.6 Å². The van der Waals surface area contributed by atoms with E-state index in [0.29, 0.717) is 22.2 Å². The van der Waals surface area contributed by atoms with Crippen molar-refractivity contribution in [2.75, 3.05) is 12.9 Å². The van der Waals surface area contributed by atoms with E-state index in [2.05, 4.69) is 5.32 Å². The molecule has 0 saturated heterocycles. The molecule has 1 atom stereocenters. The number of methoxy groups -OCH3 is 1. The highest BCUT2D eigenvalue weighted by Crippen LogP contribution is 2.26. The second kappa shape index (κ2) is 15.4. The zero-order valence-electron chi connectivity index (χ0n) is 22.8. The van der Waals surface area contributed by atoms with Gasteiger partial charge in [0.15, 0.2) is 0 Å². The van der Waals surface area contributed by atoms with Crippen molar-refractivity contribution < 1.29 is 14.3 Å². The molecule has 40 heavy (non-hydrogen) atoms. The van der Waals surface area contributed by atoms with Crippen LogP contribution in [0.5, 0.6) is 5.75 Å². The maximum absolute atomic E-state index is 13.9. The first-order valence-electron chi connectivity index (χ1n) is 13.7. The van der Waals surface area contributed by atoms with E-state index in [9.17, 15) is 9.59 Å². The molecule has 0 unspecified atom stereocenters. The van der Waals surface area contributed by atoms with E-state index in [1.165, 1.54) is 18.2 Å². The van der Waals surface area contributed by atoms with Gasteiger partial charge in [0.1, 0.15) is 11.8 Å². The van der Waals surface area contributed by atoms with E-state index in [4.69, 9.17) is 27.9 Å². The van der Waals surface area contributed by atoms with Crippen molar-refractivity contribution in [2.24, 2.45) is 0 Å². The molecule has 4 rings (SSSR count). The van der Waals surface area contributed by atoms with Gasteiger partial charge >= 0.3 is 0 Å². The maximum Gasteiger partial charge on any atom is 0.243 e. The average Bonchev–Trinajstić information content (AvgIpc) is 2.98. The first-order valence-corrected chi connectivity index (χ1v) is 15.6. The number of ether oxygens (including phenoxy) is 1. The zero-order valence-corrected chi connectivity index (χ0v) is 25.1. The summed E-state index contributed by atoms with van der Waals surface area (Å²) in [5.41, 5.74) is 2.93. The van der Waals surface area contributed by atoms with E-state index in [-0.39, 0.29) is 30.2 Å². The third-order valence-electron chi connectivity index (χ3n) is 7.21. The Labute approximate surface area is 251 Å². The highest BCUT2D eigenvalue weighted by Gasteiger charge is 2.32. The van der Waals surface area contributed by atoms with Gasteiger partial charge in [0, 0.05) is 24.8 Å². The molecule has 1 fully saturated rings. The first-order chi connectivity index (χ1) is 19.4. The van der Waals surface area contributed by atoms with Gasteiger partial charge in [0.2, 0.25) is 11.8 Å². The molecule has 1 N–H and O–H groups in total. The van der Waals surface area contributed by atoms with Crippen LogP contribution in [0.15, 0.2) is 72.8 Å². The molecule has 8 heteroatoms. The average molecular weight is 600 g/mol. The number of hydrogen-bond donors (Lipinski definition) is 1. The molecule has 212 valence electrons. The molecule has 0 heterocycles. The number of nitrogens with zero attached hydrogens (tertiary/aromatic N) is 1. The Morgan fingerprint density at radius 3 is 2.30 bits per heavy atom. The molecule has 5 nitrogen and oxygen atoms in total. The summed E-state index contributed by atoms with van der Waals surface area (Å²) in [6.07, 6.45) is 5.80. The number of hydrogen-bond acceptors (Lipinski definition) is 4. The molecule has 0 aliphatic heterocycles. The van der Waals surface area contributed by atoms with Crippen LogP contribution >= 0.6 is 35.0 Å². The Hall–Kier alpha value is -2.67. The Morgan fingerprint density at radius 1 is 0.925 bits per heavy atom. The summed E-state index contributed by atoms with van der Waals surface area (Å²) >= 11 is 14.0. The van der Waals surface area contributed by atoms with Gasteiger partial charge in [-0.2, -0.15) is 0 Å². The molecule has 0 bridgehead atoms. The van der Waals surface area contributed by atoms with E-state index < -0.39 is 6.04 Å². The number of carbonyl (C=O) groups excluding carboxylic acids is 2. The lowest BCUT2D eigenvalue weighted by Crippen LogP contribution is -2.53. The van der Waals surface area contributed by atoms with E-state index in [1.807, 2.05) is 60.7 Å². The van der Waals surface area contributed by atoms with Crippen molar-refractivity contribution in [3.8, 4) is 5.75 Å². The lowest BCUT2D eigenvalue weighted by atomic mass is 9.94. The normalized spacial score (nSPS) is 14.4. The van der Waals surface area contributed by atoms with Gasteiger partial charge in [0.05, 0.1) is 22.9 Å². The quantitative estimate of drug-likeness (QED) is 0.237. The molecular weight excluding hydrogens is 563 g/mol. The minimum atomic E-state index is -0.659. The lowest BCUT2D eigenvalue weighted by molar-refractivity contribution is -0.139. The van der Waals surface area contributed by atoms with E-state index >= 15 is 0 Å². The van der Waals surface area contributed by atoms with Gasteiger partial charge in [-0.15, -0.1) is 11.8 Å². The molecule has 1 saturated carbocycles. The number of nitrogens with one attached hydrogen (secondary N) is 1. The molecule has 3 aromatic rings. The van der Waals surface area contributed by atoms with Crippen LogP contribution in [0.2, 0.25) is 10.0 Å². The molecule has 0 aromatic heterocycles. The maximum atomic E-state index is 13.9. The van der Waals surface area contributed by atoms with Crippen LogP contribution in [0, 0.1) is 0 Å². The Morgan fingerprint density at radius 2 is 1.62 bits per heavy atom. The summed E-state index contributed by atoms with van der Waals surface area (Å²) in [5, 5.41) is 4.15. The summed E-state index contributed by atoms with van der Waals surface area (Å²) in [5.74, 6) is 1.52. The molecule has 1 aliphatic rings. The summed E-state index contributed by atoms with van der Waals surface area (Å²) in [6.45, 7) is 0.258. The molecule has 2 amide bonds. The Bertz CT molecular complexity index is 1250. The third kappa shape index (κ3) is 8.92. The fourth-order valence-electron chi connectivity index (χ4n) is 4.99. The van der Waals surface area contributed by atoms with Crippen molar-refractivity contribution in [3.05, 3.63) is 99.5 Å². The van der Waals surface area contributed by atoms with Gasteiger partial charge < -0.3 is 15.0 Å². The predicted molar refractivity (Wildman–Crippen MR) is 165 cm³/mol. The van der Waals surface area contributed by atoms with Gasteiger partial charge in [0.25, 0.3) is 0 Å². The van der Waals surface area contributed by atoms with Crippen LogP contribution in [0.1, 0.15) is 48.8 Å². The molecule has 0 radical (unpaired) electrons. The zero-order chi connectivity index (χ0) is 28.3. The van der Waals surface area contributed by atoms with Crippen LogP contribution in [-0.2, 0) is 28.3 Å². The van der Waals surface area contributed by atoms with Crippen molar-refractivity contribution in [2.45, 2.75) is 62.9 Å². The van der Waals surface area contributed by atoms with Gasteiger partial charge in [-0.25, -0.2) is 0 Å². The Balaban J connectivity index is 1.56. The molecule has 1 aliphatic carbocycles. The minimum Gasteiger partial charge on any atom is -0.497 e. The summed E-state index contributed by atoms with van der Waals surface area (Å²) in [4.78, 5) is 29.4. The van der Waals surface area contributed by atoms with Crippen LogP contribution in [-0.4, -0.2) is 41.7 Å². The minimum absolute atomic E-state index is 0.0932. The van der Waals surface area contributed by atoms with Gasteiger partial charge in [-0.1, -0.05) is 91.0 Å². The van der Waals surface area contributed by atoms with Crippen molar-refractivity contribution in [3.63, 3.8) is 0 Å². The smallest absolute Gasteiger partial charge is 0.243 e. The monoisotopic (exact) mass is 598 g/mol. The van der Waals surface area contributed by atoms with E-state index in [0.717, 1.165) is 48.1 Å². The molecular formula is C32H36Cl2N2O3S. The summed E-state index contributed by atoms with van der Waals surface area (Å²) in [6, 6.07) is 22.6. The first kappa shape index (κ1) is 30.3. The number of rotatable bonds is 12. The molecule has 0 spiro atoms. The standard InChI is InChI=1S/C32H36Cl2N2O3S/c1-39-27-15-12-24(13-16-27)21-40-22-31(37)36(20-25-14-17-28(33)29(34)18-25)30(19-23-8-4-2-5-9-23)32(38)35-26-10-6-3-7-11-26/h2,4-5,8-9,12-18,26,30H,3,6-7,10-11,19-22H2,1H3,(H,35,38)/t30-/m1/s1. The van der Waals surface area contributed by atoms with Crippen LogP contribution in [0.3, 0.4) is 0 Å². The number of benzene rings is 3. The highest BCUT2D eigenvalue weighted by molar-refractivity contribution is 7.99.